The Labute approximate surface area is 168 Å². The summed E-state index contributed by atoms with van der Waals surface area (Å²) in [6.07, 6.45) is 2.25. The van der Waals surface area contributed by atoms with Gasteiger partial charge in [0.15, 0.2) is 0 Å². The van der Waals surface area contributed by atoms with Gasteiger partial charge in [-0.2, -0.15) is 0 Å². The molecule has 0 radical (unpaired) electrons. The molecule has 0 aliphatic carbocycles. The summed E-state index contributed by atoms with van der Waals surface area (Å²) in [7, 11) is 0. The minimum atomic E-state index is -0.255. The van der Waals surface area contributed by atoms with E-state index in [1.807, 2.05) is 54.6 Å². The maximum absolute atomic E-state index is 12.5. The zero-order valence-electron chi connectivity index (χ0n) is 15.7. The van der Waals surface area contributed by atoms with Crippen LogP contribution in [0, 0.1) is 0 Å². The molecule has 0 atom stereocenters. The molecule has 0 saturated heterocycles. The van der Waals surface area contributed by atoms with Gasteiger partial charge in [-0.3, -0.25) is 9.78 Å². The van der Waals surface area contributed by atoms with Gasteiger partial charge >= 0.3 is 0 Å². The predicted molar refractivity (Wildman–Crippen MR) is 112 cm³/mol. The number of hydrogen-bond acceptors (Lipinski definition) is 4. The fourth-order valence-electron chi connectivity index (χ4n) is 3.13. The lowest BCUT2D eigenvalue weighted by atomic mass is 10.1. The standard InChI is InChI=1S/C24H20N2O3/c27-22-16-18(15-21-20(22)10-6-13-25-21)24(28)26-14-12-17-7-4-5-11-23(17)29-19-8-2-1-3-9-19/h1-11,13,15-16,27H,12,14H2,(H,26,28). The molecule has 0 fully saturated rings. The number of carbonyl (C=O) groups is 1. The van der Waals surface area contributed by atoms with E-state index < -0.39 is 0 Å². The van der Waals surface area contributed by atoms with Crippen LogP contribution in [-0.4, -0.2) is 22.5 Å². The number of benzene rings is 3. The normalized spacial score (nSPS) is 10.6. The van der Waals surface area contributed by atoms with Gasteiger partial charge in [-0.25, -0.2) is 0 Å². The number of ether oxygens (including phenoxy) is 1. The number of aromatic nitrogens is 1. The molecule has 5 nitrogen and oxygen atoms in total. The number of aromatic hydroxyl groups is 1. The number of hydrogen-bond donors (Lipinski definition) is 2. The molecule has 4 rings (SSSR count). The molecular weight excluding hydrogens is 364 g/mol. The van der Waals surface area contributed by atoms with Crippen LogP contribution in [0.15, 0.2) is 85.1 Å². The summed E-state index contributed by atoms with van der Waals surface area (Å²) in [6, 6.07) is 24.0. The van der Waals surface area contributed by atoms with Crippen molar-refractivity contribution in [3.05, 3.63) is 96.2 Å². The zero-order chi connectivity index (χ0) is 20.1. The van der Waals surface area contributed by atoms with Crippen LogP contribution in [0.4, 0.5) is 0 Å². The van der Waals surface area contributed by atoms with Gasteiger partial charge in [0.2, 0.25) is 0 Å². The number of fused-ring (bicyclic) bond motifs is 1. The Kier molecular flexibility index (Phi) is 5.38. The number of rotatable bonds is 6. The first-order valence-electron chi connectivity index (χ1n) is 9.37. The Morgan fingerprint density at radius 3 is 2.62 bits per heavy atom. The number of nitrogens with zero attached hydrogens (tertiary/aromatic N) is 1. The highest BCUT2D eigenvalue weighted by Gasteiger charge is 2.11. The predicted octanol–water partition coefficient (Wildman–Crippen LogP) is 4.71. The van der Waals surface area contributed by atoms with Gasteiger partial charge in [-0.05, 0) is 54.4 Å². The van der Waals surface area contributed by atoms with Gasteiger partial charge < -0.3 is 15.2 Å². The van der Waals surface area contributed by atoms with Gasteiger partial charge in [0.1, 0.15) is 17.2 Å². The van der Waals surface area contributed by atoms with Crippen LogP contribution in [0.5, 0.6) is 17.2 Å². The molecule has 5 heteroatoms. The van der Waals surface area contributed by atoms with Crippen molar-refractivity contribution in [1.82, 2.24) is 10.3 Å². The third kappa shape index (κ3) is 4.35. The van der Waals surface area contributed by atoms with Crippen LogP contribution >= 0.6 is 0 Å². The van der Waals surface area contributed by atoms with Crippen LogP contribution in [0.3, 0.4) is 0 Å². The molecule has 0 saturated carbocycles. The van der Waals surface area contributed by atoms with Crippen molar-refractivity contribution in [2.45, 2.75) is 6.42 Å². The summed E-state index contributed by atoms with van der Waals surface area (Å²) in [6.45, 7) is 0.439. The Balaban J connectivity index is 1.42. The molecule has 0 spiro atoms. The number of amides is 1. The summed E-state index contributed by atoms with van der Waals surface area (Å²) in [5, 5.41) is 13.7. The lowest BCUT2D eigenvalue weighted by Gasteiger charge is -2.12. The van der Waals surface area contributed by atoms with E-state index in [0.29, 0.717) is 29.4 Å². The molecule has 1 heterocycles. The van der Waals surface area contributed by atoms with Crippen molar-refractivity contribution in [1.29, 1.82) is 0 Å². The topological polar surface area (TPSA) is 71.5 Å². The zero-order valence-corrected chi connectivity index (χ0v) is 15.7. The van der Waals surface area contributed by atoms with Crippen LogP contribution in [0.2, 0.25) is 0 Å². The summed E-state index contributed by atoms with van der Waals surface area (Å²) in [5.74, 6) is 1.32. The van der Waals surface area contributed by atoms with E-state index >= 15 is 0 Å². The first-order valence-corrected chi connectivity index (χ1v) is 9.37. The molecule has 144 valence electrons. The van der Waals surface area contributed by atoms with Gasteiger partial charge in [-0.1, -0.05) is 36.4 Å². The summed E-state index contributed by atoms with van der Waals surface area (Å²) in [4.78, 5) is 16.7. The highest BCUT2D eigenvalue weighted by Crippen LogP contribution is 2.26. The molecule has 2 N–H and O–H groups in total. The number of phenols is 1. The first kappa shape index (κ1) is 18.5. The molecule has 0 bridgehead atoms. The number of phenolic OH excluding ortho intramolecular Hbond substituents is 1. The molecule has 29 heavy (non-hydrogen) atoms. The van der Waals surface area contributed by atoms with Crippen LogP contribution in [0.25, 0.3) is 10.9 Å². The van der Waals surface area contributed by atoms with E-state index in [9.17, 15) is 9.90 Å². The molecule has 0 aliphatic heterocycles. The number of para-hydroxylation sites is 2. The Morgan fingerprint density at radius 2 is 1.76 bits per heavy atom. The third-order valence-electron chi connectivity index (χ3n) is 4.58. The molecule has 4 aromatic rings. The fraction of sp³-hybridized carbons (Fsp3) is 0.0833. The van der Waals surface area contributed by atoms with Crippen molar-refractivity contribution in [2.24, 2.45) is 0 Å². The minimum absolute atomic E-state index is 0.0438. The molecular formula is C24H20N2O3. The van der Waals surface area contributed by atoms with Gasteiger partial charge in [0, 0.05) is 23.7 Å². The van der Waals surface area contributed by atoms with E-state index in [-0.39, 0.29) is 11.7 Å². The second-order valence-corrected chi connectivity index (χ2v) is 6.59. The number of nitrogens with one attached hydrogen (secondary N) is 1. The van der Waals surface area contributed by atoms with Crippen LogP contribution in [-0.2, 0) is 6.42 Å². The molecule has 3 aromatic carbocycles. The first-order chi connectivity index (χ1) is 14.2. The second-order valence-electron chi connectivity index (χ2n) is 6.59. The highest BCUT2D eigenvalue weighted by atomic mass is 16.5. The Bertz CT molecular complexity index is 1140. The second kappa shape index (κ2) is 8.44. The maximum Gasteiger partial charge on any atom is 0.251 e. The average molecular weight is 384 g/mol. The van der Waals surface area contributed by atoms with E-state index in [1.165, 1.54) is 6.07 Å². The molecule has 1 amide bonds. The summed E-state index contributed by atoms with van der Waals surface area (Å²) in [5.41, 5.74) is 1.96. The van der Waals surface area contributed by atoms with Crippen molar-refractivity contribution in [2.75, 3.05) is 6.54 Å². The Morgan fingerprint density at radius 1 is 0.966 bits per heavy atom. The van der Waals surface area contributed by atoms with Crippen molar-refractivity contribution >= 4 is 16.8 Å². The van der Waals surface area contributed by atoms with Crippen molar-refractivity contribution < 1.29 is 14.6 Å². The van der Waals surface area contributed by atoms with Crippen molar-refractivity contribution in [3.8, 4) is 17.2 Å². The summed E-state index contributed by atoms with van der Waals surface area (Å²) >= 11 is 0. The monoisotopic (exact) mass is 384 g/mol. The van der Waals surface area contributed by atoms with E-state index in [1.54, 1.807) is 24.4 Å². The number of carbonyl (C=O) groups excluding carboxylic acids is 1. The fourth-order valence-corrected chi connectivity index (χ4v) is 3.13. The van der Waals surface area contributed by atoms with Gasteiger partial charge in [-0.15, -0.1) is 0 Å². The third-order valence-corrected chi connectivity index (χ3v) is 4.58. The van der Waals surface area contributed by atoms with Gasteiger partial charge in [0.25, 0.3) is 5.91 Å². The lowest BCUT2D eigenvalue weighted by Crippen LogP contribution is -2.25. The SMILES string of the molecule is O=C(NCCc1ccccc1Oc1ccccc1)c1cc(O)c2cccnc2c1. The van der Waals surface area contributed by atoms with E-state index in [4.69, 9.17) is 4.74 Å². The quantitative estimate of drug-likeness (QED) is 0.505. The smallest absolute Gasteiger partial charge is 0.251 e. The Hall–Kier alpha value is -3.86. The van der Waals surface area contributed by atoms with E-state index in [0.717, 1.165) is 17.1 Å². The lowest BCUT2D eigenvalue weighted by molar-refractivity contribution is 0.0954. The van der Waals surface area contributed by atoms with Gasteiger partial charge in [0.05, 0.1) is 5.52 Å². The molecule has 0 aliphatic rings. The average Bonchev–Trinajstić information content (AvgIpc) is 2.75. The number of pyridine rings is 1. The van der Waals surface area contributed by atoms with Crippen LogP contribution < -0.4 is 10.1 Å². The summed E-state index contributed by atoms with van der Waals surface area (Å²) < 4.78 is 5.96. The highest BCUT2D eigenvalue weighted by molar-refractivity contribution is 5.99. The molecule has 1 aromatic heterocycles. The maximum atomic E-state index is 12.5. The van der Waals surface area contributed by atoms with Crippen LogP contribution in [0.1, 0.15) is 15.9 Å². The van der Waals surface area contributed by atoms with E-state index in [2.05, 4.69) is 10.3 Å². The largest absolute Gasteiger partial charge is 0.507 e. The van der Waals surface area contributed by atoms with Crippen molar-refractivity contribution in [3.63, 3.8) is 0 Å². The minimum Gasteiger partial charge on any atom is -0.507 e. The molecule has 0 unspecified atom stereocenters.